The van der Waals surface area contributed by atoms with Crippen molar-refractivity contribution in [2.75, 3.05) is 6.79 Å². The van der Waals surface area contributed by atoms with Crippen LogP contribution < -0.4 is 19.8 Å². The van der Waals surface area contributed by atoms with Crippen LogP contribution in [0.1, 0.15) is 36.7 Å². The minimum absolute atomic E-state index is 0.0767. The van der Waals surface area contributed by atoms with E-state index in [-0.39, 0.29) is 30.4 Å². The van der Waals surface area contributed by atoms with E-state index in [1.807, 2.05) is 6.07 Å². The number of aryl methyl sites for hydroxylation is 1. The highest BCUT2D eigenvalue weighted by Crippen LogP contribution is 2.38. The zero-order chi connectivity index (χ0) is 27.5. The van der Waals surface area contributed by atoms with Crippen LogP contribution in [-0.2, 0) is 13.0 Å². The first-order valence-electron chi connectivity index (χ1n) is 12.1. The molecule has 0 unspecified atom stereocenters. The summed E-state index contributed by atoms with van der Waals surface area (Å²) < 4.78 is 18.9. The molecule has 12 heteroatoms. The van der Waals surface area contributed by atoms with Crippen molar-refractivity contribution in [2.45, 2.75) is 32.8 Å². The number of unbranched alkanes of at least 4 members (excludes halogenated alkanes) is 1. The maximum Gasteiger partial charge on any atom is 0.312 e. The Morgan fingerprint density at radius 2 is 1.97 bits per heavy atom. The van der Waals surface area contributed by atoms with Crippen LogP contribution in [0.2, 0.25) is 0 Å². The number of benzene rings is 3. The van der Waals surface area contributed by atoms with E-state index in [0.29, 0.717) is 44.7 Å². The second-order valence-electron chi connectivity index (χ2n) is 8.74. The molecule has 200 valence electrons. The lowest BCUT2D eigenvalue weighted by Gasteiger charge is -2.11. The van der Waals surface area contributed by atoms with Crippen LogP contribution in [0.25, 0.3) is 10.9 Å². The molecule has 4 aromatic rings. The monoisotopic (exact) mass is 656 g/mol. The van der Waals surface area contributed by atoms with E-state index in [1.165, 1.54) is 17.0 Å². The minimum atomic E-state index is -0.523. The molecular formula is C27H22Br2N4O6. The summed E-state index contributed by atoms with van der Waals surface area (Å²) in [5.74, 6) is 1.83. The number of ether oxygens (including phenoxy) is 3. The summed E-state index contributed by atoms with van der Waals surface area (Å²) in [7, 11) is 0. The van der Waals surface area contributed by atoms with E-state index < -0.39 is 4.92 Å². The van der Waals surface area contributed by atoms with Crippen molar-refractivity contribution in [3.05, 3.63) is 94.9 Å². The summed E-state index contributed by atoms with van der Waals surface area (Å²) in [6, 6.07) is 13.7. The zero-order valence-electron chi connectivity index (χ0n) is 20.7. The van der Waals surface area contributed by atoms with Gasteiger partial charge < -0.3 is 14.2 Å². The van der Waals surface area contributed by atoms with Gasteiger partial charge in [0.1, 0.15) is 12.4 Å². The SMILES string of the molecule is CCCCc1nc2ccc(Br)cc2c(=O)n1N=Cc1cc(Br)c(OCc2ccc3c(c2)OCO3)c([N+](=O)[O-])c1. The molecule has 0 radical (unpaired) electrons. The van der Waals surface area contributed by atoms with Crippen LogP contribution in [0.5, 0.6) is 17.2 Å². The van der Waals surface area contributed by atoms with E-state index in [0.717, 1.165) is 22.9 Å². The van der Waals surface area contributed by atoms with E-state index in [1.54, 1.807) is 36.4 Å². The molecular weight excluding hydrogens is 636 g/mol. The van der Waals surface area contributed by atoms with E-state index in [2.05, 4.69) is 48.9 Å². The van der Waals surface area contributed by atoms with Gasteiger partial charge >= 0.3 is 5.69 Å². The fourth-order valence-corrected chi connectivity index (χ4v) is 5.02. The first-order valence-corrected chi connectivity index (χ1v) is 13.7. The van der Waals surface area contributed by atoms with Crippen molar-refractivity contribution in [3.8, 4) is 17.2 Å². The first kappa shape index (κ1) is 26.8. The Morgan fingerprint density at radius 3 is 2.77 bits per heavy atom. The molecule has 0 N–H and O–H groups in total. The molecule has 39 heavy (non-hydrogen) atoms. The lowest BCUT2D eigenvalue weighted by atomic mass is 10.2. The van der Waals surface area contributed by atoms with Crippen LogP contribution >= 0.6 is 31.9 Å². The van der Waals surface area contributed by atoms with Gasteiger partial charge in [-0.25, -0.2) is 4.98 Å². The lowest BCUT2D eigenvalue weighted by molar-refractivity contribution is -0.386. The summed E-state index contributed by atoms with van der Waals surface area (Å²) in [5, 5.41) is 16.7. The lowest BCUT2D eigenvalue weighted by Crippen LogP contribution is -2.22. The smallest absolute Gasteiger partial charge is 0.312 e. The van der Waals surface area contributed by atoms with Crippen LogP contribution in [0.3, 0.4) is 0 Å². The molecule has 0 saturated heterocycles. The molecule has 10 nitrogen and oxygen atoms in total. The standard InChI is InChI=1S/C27H22Br2N4O6/c1-2-3-4-25-31-21-7-6-18(28)12-19(21)27(34)32(25)30-13-17-9-20(29)26(22(10-17)33(35)36)37-14-16-5-8-23-24(11-16)39-15-38-23/h5-13H,2-4,14-15H2,1H3. The highest BCUT2D eigenvalue weighted by Gasteiger charge is 2.21. The molecule has 1 aliphatic rings. The Balaban J connectivity index is 1.46. The molecule has 0 spiro atoms. The third-order valence-corrected chi connectivity index (χ3v) is 7.10. The Bertz CT molecular complexity index is 1670. The van der Waals surface area contributed by atoms with Crippen LogP contribution in [0.4, 0.5) is 5.69 Å². The van der Waals surface area contributed by atoms with Gasteiger partial charge in [-0.05, 0) is 64.3 Å². The number of hydrogen-bond donors (Lipinski definition) is 0. The minimum Gasteiger partial charge on any atom is -0.481 e. The molecule has 0 aliphatic carbocycles. The van der Waals surface area contributed by atoms with Gasteiger partial charge in [-0.15, -0.1) is 0 Å². The molecule has 0 fully saturated rings. The van der Waals surface area contributed by atoms with Crippen molar-refractivity contribution in [2.24, 2.45) is 5.10 Å². The van der Waals surface area contributed by atoms with E-state index >= 15 is 0 Å². The summed E-state index contributed by atoms with van der Waals surface area (Å²) in [4.78, 5) is 29.4. The van der Waals surface area contributed by atoms with Gasteiger partial charge in [0.15, 0.2) is 11.5 Å². The van der Waals surface area contributed by atoms with Gasteiger partial charge in [-0.3, -0.25) is 14.9 Å². The van der Waals surface area contributed by atoms with Gasteiger partial charge in [0, 0.05) is 22.5 Å². The Morgan fingerprint density at radius 1 is 1.15 bits per heavy atom. The number of rotatable bonds is 9. The molecule has 0 amide bonds. The summed E-state index contributed by atoms with van der Waals surface area (Å²) in [6.45, 7) is 2.29. The Kier molecular flexibility index (Phi) is 7.94. The summed E-state index contributed by atoms with van der Waals surface area (Å²) >= 11 is 6.79. The van der Waals surface area contributed by atoms with Crippen LogP contribution in [0.15, 0.2) is 67.4 Å². The molecule has 2 heterocycles. The zero-order valence-corrected chi connectivity index (χ0v) is 23.9. The number of nitrogens with zero attached hydrogens (tertiary/aromatic N) is 4. The topological polar surface area (TPSA) is 118 Å². The second kappa shape index (κ2) is 11.5. The van der Waals surface area contributed by atoms with Crippen molar-refractivity contribution in [1.82, 2.24) is 9.66 Å². The van der Waals surface area contributed by atoms with E-state index in [4.69, 9.17) is 14.2 Å². The fraction of sp³-hybridized carbons (Fsp3) is 0.222. The third-order valence-electron chi connectivity index (χ3n) is 6.01. The van der Waals surface area contributed by atoms with Crippen molar-refractivity contribution >= 4 is 54.7 Å². The van der Waals surface area contributed by atoms with Gasteiger partial charge in [-0.2, -0.15) is 9.78 Å². The molecule has 0 saturated carbocycles. The average Bonchev–Trinajstić information content (AvgIpc) is 3.39. The Hall–Kier alpha value is -3.77. The average molecular weight is 658 g/mol. The van der Waals surface area contributed by atoms with Gasteiger partial charge in [0.05, 0.1) is 26.5 Å². The van der Waals surface area contributed by atoms with Gasteiger partial charge in [0.25, 0.3) is 5.56 Å². The predicted octanol–water partition coefficient (Wildman–Crippen LogP) is 6.36. The fourth-order valence-electron chi connectivity index (χ4n) is 4.07. The first-order chi connectivity index (χ1) is 18.8. The van der Waals surface area contributed by atoms with Gasteiger partial charge in [0.2, 0.25) is 12.5 Å². The van der Waals surface area contributed by atoms with Crippen LogP contribution in [-0.4, -0.2) is 27.6 Å². The van der Waals surface area contributed by atoms with Crippen molar-refractivity contribution in [3.63, 3.8) is 0 Å². The van der Waals surface area contributed by atoms with E-state index in [9.17, 15) is 14.9 Å². The number of fused-ring (bicyclic) bond motifs is 2. The number of halogens is 2. The maximum absolute atomic E-state index is 13.3. The molecule has 5 rings (SSSR count). The molecule has 1 aliphatic heterocycles. The molecule has 3 aromatic carbocycles. The van der Waals surface area contributed by atoms with Crippen LogP contribution in [0, 0.1) is 10.1 Å². The second-order valence-corrected chi connectivity index (χ2v) is 10.5. The number of hydrogen-bond acceptors (Lipinski definition) is 8. The largest absolute Gasteiger partial charge is 0.481 e. The van der Waals surface area contributed by atoms with Gasteiger partial charge in [-0.1, -0.05) is 35.3 Å². The molecule has 1 aromatic heterocycles. The maximum atomic E-state index is 13.3. The highest BCUT2D eigenvalue weighted by molar-refractivity contribution is 9.10. The number of aromatic nitrogens is 2. The van der Waals surface area contributed by atoms with Crippen molar-refractivity contribution in [1.29, 1.82) is 0 Å². The molecule has 0 bridgehead atoms. The van der Waals surface area contributed by atoms with Crippen molar-refractivity contribution < 1.29 is 19.1 Å². The third kappa shape index (κ3) is 5.81. The number of nitro groups is 1. The normalized spacial score (nSPS) is 12.4. The molecule has 0 atom stereocenters. The highest BCUT2D eigenvalue weighted by atomic mass is 79.9. The summed E-state index contributed by atoms with van der Waals surface area (Å²) in [5.41, 5.74) is 1.20. The Labute approximate surface area is 239 Å². The quantitative estimate of drug-likeness (QED) is 0.117. The predicted molar refractivity (Wildman–Crippen MR) is 153 cm³/mol. The number of nitro benzene ring substituents is 1. The summed E-state index contributed by atoms with van der Waals surface area (Å²) in [6.07, 6.45) is 3.72.